The fourth-order valence-electron chi connectivity index (χ4n) is 2.50. The number of hydrogen-bond acceptors (Lipinski definition) is 1. The van der Waals surface area contributed by atoms with Crippen molar-refractivity contribution in [1.29, 1.82) is 0 Å². The van der Waals surface area contributed by atoms with E-state index in [9.17, 15) is 4.79 Å². The number of nitrogens with one attached hydrogen (secondary N) is 2. The summed E-state index contributed by atoms with van der Waals surface area (Å²) in [7, 11) is 0. The van der Waals surface area contributed by atoms with Gasteiger partial charge >= 0.3 is 0 Å². The third kappa shape index (κ3) is 3.55. The molecule has 2 N–H and O–H groups in total. The van der Waals surface area contributed by atoms with Gasteiger partial charge in [-0.1, -0.05) is 42.0 Å². The first-order valence-electron chi connectivity index (χ1n) is 7.59. The van der Waals surface area contributed by atoms with Gasteiger partial charge in [0.2, 0.25) is 5.91 Å². The molecule has 0 fully saturated rings. The van der Waals surface area contributed by atoms with Crippen LogP contribution in [0.5, 0.6) is 0 Å². The van der Waals surface area contributed by atoms with Gasteiger partial charge in [0.1, 0.15) is 0 Å². The molecule has 3 heteroatoms. The Balaban J connectivity index is 1.50. The fourth-order valence-corrected chi connectivity index (χ4v) is 2.50. The lowest BCUT2D eigenvalue weighted by atomic mass is 10.1. The van der Waals surface area contributed by atoms with E-state index in [4.69, 9.17) is 0 Å². The molecular formula is C19H20N2O. The second-order valence-corrected chi connectivity index (χ2v) is 5.66. The number of hydrogen-bond donors (Lipinski definition) is 2. The summed E-state index contributed by atoms with van der Waals surface area (Å²) in [5.74, 6) is 0.0900. The van der Waals surface area contributed by atoms with Gasteiger partial charge in [-0.3, -0.25) is 4.79 Å². The second kappa shape index (κ2) is 6.48. The maximum atomic E-state index is 12.0. The van der Waals surface area contributed by atoms with E-state index in [2.05, 4.69) is 59.7 Å². The van der Waals surface area contributed by atoms with Crippen LogP contribution < -0.4 is 5.32 Å². The van der Waals surface area contributed by atoms with Crippen molar-refractivity contribution in [2.24, 2.45) is 0 Å². The highest BCUT2D eigenvalue weighted by Gasteiger charge is 2.04. The van der Waals surface area contributed by atoms with E-state index < -0.39 is 0 Å². The van der Waals surface area contributed by atoms with Gasteiger partial charge in [-0.15, -0.1) is 0 Å². The molecule has 0 aliphatic carbocycles. The van der Waals surface area contributed by atoms with Crippen LogP contribution in [0.3, 0.4) is 0 Å². The third-order valence-electron chi connectivity index (χ3n) is 3.87. The number of fused-ring (bicyclic) bond motifs is 1. The number of amides is 1. The predicted molar refractivity (Wildman–Crippen MR) is 89.6 cm³/mol. The molecule has 22 heavy (non-hydrogen) atoms. The van der Waals surface area contributed by atoms with Crippen LogP contribution in [0, 0.1) is 6.92 Å². The van der Waals surface area contributed by atoms with Crippen molar-refractivity contribution in [3.63, 3.8) is 0 Å². The van der Waals surface area contributed by atoms with Gasteiger partial charge in [-0.2, -0.15) is 0 Å². The molecule has 0 bridgehead atoms. The van der Waals surface area contributed by atoms with E-state index in [1.807, 2.05) is 12.3 Å². The molecular weight excluding hydrogens is 272 g/mol. The predicted octanol–water partition coefficient (Wildman–Crippen LogP) is 3.73. The summed E-state index contributed by atoms with van der Waals surface area (Å²) in [5.41, 5.74) is 4.67. The maximum Gasteiger partial charge on any atom is 0.220 e. The molecule has 2 aromatic carbocycles. The molecule has 1 amide bonds. The Morgan fingerprint density at radius 2 is 1.82 bits per heavy atom. The minimum Gasteiger partial charge on any atom is -0.361 e. The summed E-state index contributed by atoms with van der Waals surface area (Å²) >= 11 is 0. The molecule has 1 aromatic heterocycles. The van der Waals surface area contributed by atoms with E-state index in [1.54, 1.807) is 0 Å². The van der Waals surface area contributed by atoms with Crippen LogP contribution in [-0.4, -0.2) is 10.9 Å². The molecule has 3 rings (SSSR count). The molecule has 112 valence electrons. The number of carbonyl (C=O) groups excluding carboxylic acids is 1. The zero-order chi connectivity index (χ0) is 15.4. The van der Waals surface area contributed by atoms with E-state index in [0.717, 1.165) is 17.5 Å². The Bertz CT molecular complexity index is 771. The second-order valence-electron chi connectivity index (χ2n) is 5.66. The first-order chi connectivity index (χ1) is 10.7. The van der Waals surface area contributed by atoms with Crippen LogP contribution in [0.25, 0.3) is 10.9 Å². The lowest BCUT2D eigenvalue weighted by Crippen LogP contribution is -2.22. The number of aryl methyl sites for hydroxylation is 2. The van der Waals surface area contributed by atoms with Crippen LogP contribution in [0.2, 0.25) is 0 Å². The highest BCUT2D eigenvalue weighted by Crippen LogP contribution is 2.15. The fraction of sp³-hybridized carbons (Fsp3) is 0.211. The molecule has 0 aliphatic heterocycles. The lowest BCUT2D eigenvalue weighted by molar-refractivity contribution is -0.121. The normalized spacial score (nSPS) is 10.8. The van der Waals surface area contributed by atoms with Gasteiger partial charge in [0, 0.05) is 24.7 Å². The zero-order valence-corrected chi connectivity index (χ0v) is 12.7. The molecule has 0 aliphatic rings. The lowest BCUT2D eigenvalue weighted by Gasteiger charge is -2.06. The van der Waals surface area contributed by atoms with Crippen molar-refractivity contribution in [3.05, 3.63) is 71.4 Å². The molecule has 0 radical (unpaired) electrons. The molecule has 0 saturated heterocycles. The first kappa shape index (κ1) is 14.4. The molecule has 3 nitrogen and oxygen atoms in total. The molecule has 0 atom stereocenters. The number of H-pyrrole nitrogens is 1. The summed E-state index contributed by atoms with van der Waals surface area (Å²) in [4.78, 5) is 15.1. The Morgan fingerprint density at radius 3 is 2.64 bits per heavy atom. The quantitative estimate of drug-likeness (QED) is 0.739. The average Bonchev–Trinajstić information content (AvgIpc) is 3.00. The minimum atomic E-state index is 0.0900. The molecule has 0 saturated carbocycles. The Kier molecular flexibility index (Phi) is 4.24. The molecule has 1 heterocycles. The van der Waals surface area contributed by atoms with Gasteiger partial charge in [0.15, 0.2) is 0 Å². The number of rotatable bonds is 5. The largest absolute Gasteiger partial charge is 0.361 e. The summed E-state index contributed by atoms with van der Waals surface area (Å²) < 4.78 is 0. The van der Waals surface area contributed by atoms with E-state index in [0.29, 0.717) is 13.0 Å². The van der Waals surface area contributed by atoms with Crippen molar-refractivity contribution in [1.82, 2.24) is 10.3 Å². The third-order valence-corrected chi connectivity index (χ3v) is 3.87. The Morgan fingerprint density at radius 1 is 1.05 bits per heavy atom. The summed E-state index contributed by atoms with van der Waals surface area (Å²) in [6, 6.07) is 16.6. The highest BCUT2D eigenvalue weighted by molar-refractivity contribution is 5.80. The van der Waals surface area contributed by atoms with Gasteiger partial charge < -0.3 is 10.3 Å². The van der Waals surface area contributed by atoms with Crippen LogP contribution >= 0.6 is 0 Å². The van der Waals surface area contributed by atoms with E-state index >= 15 is 0 Å². The summed E-state index contributed by atoms with van der Waals surface area (Å²) in [6.07, 6.45) is 3.20. The number of aromatic nitrogens is 1. The molecule has 0 unspecified atom stereocenters. The molecule has 0 spiro atoms. The Labute approximate surface area is 130 Å². The number of aromatic amines is 1. The minimum absolute atomic E-state index is 0.0900. The highest BCUT2D eigenvalue weighted by atomic mass is 16.1. The van der Waals surface area contributed by atoms with Crippen molar-refractivity contribution >= 4 is 16.8 Å². The SMILES string of the molecule is Cc1ccc(CNC(=O)CCc2ccc3cc[nH]c3c2)cc1. The van der Waals surface area contributed by atoms with Gasteiger partial charge in [0.25, 0.3) is 0 Å². The van der Waals surface area contributed by atoms with Crippen molar-refractivity contribution in [2.75, 3.05) is 0 Å². The average molecular weight is 292 g/mol. The van der Waals surface area contributed by atoms with Gasteiger partial charge in [0.05, 0.1) is 0 Å². The standard InChI is InChI=1S/C19H20N2O/c1-14-2-4-16(5-3-14)13-21-19(22)9-7-15-6-8-17-10-11-20-18(17)12-15/h2-6,8,10-12,20H,7,9,13H2,1H3,(H,21,22). The van der Waals surface area contributed by atoms with Crippen LogP contribution in [-0.2, 0) is 17.8 Å². The van der Waals surface area contributed by atoms with E-state index in [1.165, 1.54) is 16.5 Å². The summed E-state index contributed by atoms with van der Waals surface area (Å²) in [6.45, 7) is 2.65. The molecule has 3 aromatic rings. The van der Waals surface area contributed by atoms with Crippen molar-refractivity contribution in [3.8, 4) is 0 Å². The van der Waals surface area contributed by atoms with Gasteiger partial charge in [-0.05, 0) is 42.0 Å². The van der Waals surface area contributed by atoms with Crippen LogP contribution in [0.1, 0.15) is 23.1 Å². The maximum absolute atomic E-state index is 12.0. The number of carbonyl (C=O) groups is 1. The van der Waals surface area contributed by atoms with Gasteiger partial charge in [-0.25, -0.2) is 0 Å². The van der Waals surface area contributed by atoms with Crippen molar-refractivity contribution < 1.29 is 4.79 Å². The van der Waals surface area contributed by atoms with Crippen molar-refractivity contribution in [2.45, 2.75) is 26.3 Å². The monoisotopic (exact) mass is 292 g/mol. The number of benzene rings is 2. The summed E-state index contributed by atoms with van der Waals surface area (Å²) in [5, 5.41) is 4.18. The topological polar surface area (TPSA) is 44.9 Å². The van der Waals surface area contributed by atoms with E-state index in [-0.39, 0.29) is 5.91 Å². The smallest absolute Gasteiger partial charge is 0.220 e. The zero-order valence-electron chi connectivity index (χ0n) is 12.7. The van der Waals surface area contributed by atoms with Crippen LogP contribution in [0.15, 0.2) is 54.7 Å². The first-order valence-corrected chi connectivity index (χ1v) is 7.59. The van der Waals surface area contributed by atoms with Crippen LogP contribution in [0.4, 0.5) is 0 Å². The Hall–Kier alpha value is -2.55.